The van der Waals surface area contributed by atoms with E-state index in [1.54, 1.807) is 0 Å². The molecule has 0 fully saturated rings. The molecule has 0 amide bonds. The summed E-state index contributed by atoms with van der Waals surface area (Å²) in [6.07, 6.45) is 0. The summed E-state index contributed by atoms with van der Waals surface area (Å²) in [6.45, 7) is 0. The van der Waals surface area contributed by atoms with Gasteiger partial charge in [-0.3, -0.25) is 5.84 Å². The lowest BCUT2D eigenvalue weighted by atomic mass is 13.0. The summed E-state index contributed by atoms with van der Waals surface area (Å²) in [7, 11) is -2.57. The van der Waals surface area contributed by atoms with Crippen LogP contribution in [0.4, 0.5) is 0 Å². The summed E-state index contributed by atoms with van der Waals surface area (Å²) < 4.78 is 18.3. The molecule has 0 heterocycles. The van der Waals surface area contributed by atoms with Gasteiger partial charge in [0.2, 0.25) is 10.9 Å². The zero-order valence-electron chi connectivity index (χ0n) is 2.75. The van der Waals surface area contributed by atoms with Crippen LogP contribution in [-0.4, -0.2) is 8.42 Å². The van der Waals surface area contributed by atoms with Gasteiger partial charge in [0, 0.05) is 0 Å². The lowest BCUT2D eigenvalue weighted by Gasteiger charge is -1.68. The van der Waals surface area contributed by atoms with Crippen LogP contribution in [0.1, 0.15) is 0 Å². The first-order valence-electron chi connectivity index (χ1n) is 0.877. The van der Waals surface area contributed by atoms with E-state index >= 15 is 0 Å². The highest BCUT2D eigenvalue weighted by Crippen LogP contribution is 1.27. The molecule has 0 saturated carbocycles. The molecule has 0 unspecified atom stereocenters. The number of hydrogen-bond donors (Lipinski definition) is 3. The minimum Gasteiger partial charge on any atom is -0.258 e. The number of rotatable bonds is 1. The Balaban J connectivity index is 0. The average Bonchev–Trinajstić information content (AvgIpc) is 1.38. The van der Waals surface area contributed by atoms with E-state index in [1.807, 2.05) is 0 Å². The normalized spacial score (nSPS) is 7.67. The largest absolute Gasteiger partial charge is 0.258 e. The fraction of sp³-hybridized carbons (Fsp3) is 0. The Morgan fingerprint density at radius 2 is 1.67 bits per heavy atom. The van der Waals surface area contributed by atoms with Crippen LogP contribution < -0.4 is 10.7 Å². The number of nitrogens with one attached hydrogen (secondary N) is 1. The summed E-state index contributed by atoms with van der Waals surface area (Å²) in [4.78, 5) is 1.48. The van der Waals surface area contributed by atoms with Crippen LogP contribution in [-0.2, 0) is 10.9 Å². The van der Waals surface area contributed by atoms with Crippen LogP contribution >= 0.6 is 12.4 Å². The minimum atomic E-state index is -2.57. The van der Waals surface area contributed by atoms with Crippen LogP contribution in [0.15, 0.2) is 0 Å². The summed E-state index contributed by atoms with van der Waals surface area (Å²) in [5, 5.41) is 0. The van der Waals surface area contributed by atoms with Crippen molar-refractivity contribution in [2.75, 3.05) is 0 Å². The standard InChI is InChI=1S/ClH.H4N2O2S/c;1-2-5(3)4/h1H;5H,1H2,(H,2,3,4). The molecule has 0 aliphatic heterocycles. The molecule has 0 aromatic carbocycles. The monoisotopic (exact) mass is 132 g/mol. The van der Waals surface area contributed by atoms with Crippen molar-refractivity contribution in [2.24, 2.45) is 5.84 Å². The maximum Gasteiger partial charge on any atom is 0.213 e. The van der Waals surface area contributed by atoms with Gasteiger partial charge in [0.25, 0.3) is 0 Å². The quantitative estimate of drug-likeness (QED) is 0.229. The molecule has 6 heteroatoms. The van der Waals surface area contributed by atoms with Crippen molar-refractivity contribution in [3.8, 4) is 0 Å². The lowest BCUT2D eigenvalue weighted by molar-refractivity contribution is 0.604. The van der Waals surface area contributed by atoms with E-state index in [0.717, 1.165) is 0 Å². The highest BCUT2D eigenvalue weighted by Gasteiger charge is 1.59. The fourth-order valence-electron chi connectivity index (χ4n) is 0. The van der Waals surface area contributed by atoms with Crippen molar-refractivity contribution in [3.05, 3.63) is 0 Å². The molecule has 6 heavy (non-hydrogen) atoms. The third-order valence-corrected chi connectivity index (χ3v) is 0.316. The summed E-state index contributed by atoms with van der Waals surface area (Å²) in [6, 6.07) is 0. The van der Waals surface area contributed by atoms with Gasteiger partial charge in [-0.15, -0.1) is 12.4 Å². The van der Waals surface area contributed by atoms with Gasteiger partial charge in [-0.25, -0.2) is 8.42 Å². The Labute approximate surface area is 43.2 Å². The van der Waals surface area contributed by atoms with Crippen molar-refractivity contribution in [1.29, 1.82) is 0 Å². The second-order valence-electron chi connectivity index (χ2n) is 0.386. The van der Waals surface area contributed by atoms with Gasteiger partial charge in [0.05, 0.1) is 0 Å². The molecule has 0 aliphatic rings. The van der Waals surface area contributed by atoms with Crippen molar-refractivity contribution in [2.45, 2.75) is 0 Å². The Morgan fingerprint density at radius 3 is 1.67 bits per heavy atom. The minimum absolute atomic E-state index is 0. The van der Waals surface area contributed by atoms with Crippen LogP contribution in [0.3, 0.4) is 0 Å². The van der Waals surface area contributed by atoms with Gasteiger partial charge in [-0.1, -0.05) is 0 Å². The zero-order chi connectivity index (χ0) is 4.28. The number of hydrogen-bond acceptors (Lipinski definition) is 3. The molecule has 3 N–H and O–H groups in total. The average molecular weight is 133 g/mol. The molecule has 40 valence electrons. The first-order valence-corrected chi connectivity index (χ1v) is 2.05. The van der Waals surface area contributed by atoms with E-state index in [-0.39, 0.29) is 12.4 Å². The van der Waals surface area contributed by atoms with Crippen molar-refractivity contribution < 1.29 is 8.42 Å². The topological polar surface area (TPSA) is 72.2 Å². The van der Waals surface area contributed by atoms with Crippen LogP contribution in [0.25, 0.3) is 0 Å². The second kappa shape index (κ2) is 5.16. The molecule has 0 rings (SSSR count). The summed E-state index contributed by atoms with van der Waals surface area (Å²) in [5.74, 6) is 4.33. The van der Waals surface area contributed by atoms with E-state index in [1.165, 1.54) is 4.83 Å². The van der Waals surface area contributed by atoms with Gasteiger partial charge in [0.15, 0.2) is 0 Å². The molecule has 0 aromatic rings. The molecule has 0 atom stereocenters. The molecule has 0 radical (unpaired) electrons. The van der Waals surface area contributed by atoms with Crippen molar-refractivity contribution in [1.82, 2.24) is 4.83 Å². The number of hydrazine groups is 1. The molecule has 0 spiro atoms. The molecule has 0 saturated heterocycles. The molecule has 4 nitrogen and oxygen atoms in total. The third-order valence-electron chi connectivity index (χ3n) is 0.105. The summed E-state index contributed by atoms with van der Waals surface area (Å²) in [5.41, 5.74) is 0. The maximum atomic E-state index is 9.17. The third kappa shape index (κ3) is 8.90. The Kier molecular flexibility index (Phi) is 8.15. The molecular formula is H5ClN2O2S. The maximum absolute atomic E-state index is 9.17. The smallest absolute Gasteiger partial charge is 0.213 e. The van der Waals surface area contributed by atoms with Gasteiger partial charge < -0.3 is 0 Å². The number of thiol groups is 1. The van der Waals surface area contributed by atoms with Gasteiger partial charge in [-0.05, 0) is 0 Å². The summed E-state index contributed by atoms with van der Waals surface area (Å²) >= 11 is 0. The highest BCUT2D eigenvalue weighted by atomic mass is 35.5. The predicted molar refractivity (Wildman–Crippen MR) is 24.9 cm³/mol. The first kappa shape index (κ1) is 9.48. The van der Waals surface area contributed by atoms with E-state index in [4.69, 9.17) is 8.42 Å². The van der Waals surface area contributed by atoms with E-state index in [0.29, 0.717) is 0 Å². The number of halogens is 1. The van der Waals surface area contributed by atoms with E-state index < -0.39 is 10.9 Å². The SMILES string of the molecule is Cl.NN[SH](=O)=O. The zero-order valence-corrected chi connectivity index (χ0v) is 4.46. The van der Waals surface area contributed by atoms with Gasteiger partial charge in [0.1, 0.15) is 0 Å². The molecule has 0 aromatic heterocycles. The molecule has 0 bridgehead atoms. The van der Waals surface area contributed by atoms with Crippen molar-refractivity contribution >= 4 is 23.3 Å². The lowest BCUT2D eigenvalue weighted by Crippen LogP contribution is -2.18. The van der Waals surface area contributed by atoms with Crippen LogP contribution in [0.2, 0.25) is 0 Å². The van der Waals surface area contributed by atoms with Gasteiger partial charge in [-0.2, -0.15) is 4.83 Å². The van der Waals surface area contributed by atoms with Gasteiger partial charge >= 0.3 is 0 Å². The van der Waals surface area contributed by atoms with E-state index in [2.05, 4.69) is 5.84 Å². The Hall–Kier alpha value is 0.160. The van der Waals surface area contributed by atoms with Crippen LogP contribution in [0.5, 0.6) is 0 Å². The first-order chi connectivity index (χ1) is 2.27. The predicted octanol–water partition coefficient (Wildman–Crippen LogP) is -1.60. The molecule has 0 aliphatic carbocycles. The second-order valence-corrected chi connectivity index (χ2v) is 1.16. The highest BCUT2D eigenvalue weighted by molar-refractivity contribution is 7.70. The van der Waals surface area contributed by atoms with Crippen LogP contribution in [0, 0.1) is 0 Å². The van der Waals surface area contributed by atoms with Crippen molar-refractivity contribution in [3.63, 3.8) is 0 Å². The number of nitrogens with two attached hydrogens (primary N) is 1. The fourth-order valence-corrected chi connectivity index (χ4v) is 0. The molecular weight excluding hydrogens is 128 g/mol. The Morgan fingerprint density at radius 1 is 1.50 bits per heavy atom. The Bertz CT molecular complexity index is 69.6. The van der Waals surface area contributed by atoms with E-state index in [9.17, 15) is 0 Å².